The molecule has 1 nitrogen and oxygen atoms in total. The normalized spacial score (nSPS) is 12.0. The Morgan fingerprint density at radius 1 is 0.516 bits per heavy atom. The van der Waals surface area contributed by atoms with Crippen molar-refractivity contribution in [2.75, 3.05) is 19.6 Å². The summed E-state index contributed by atoms with van der Waals surface area (Å²) in [6.07, 6.45) is 20.0. The van der Waals surface area contributed by atoms with Gasteiger partial charge in [0.25, 0.3) is 0 Å². The number of benzene rings is 2. The fraction of sp³-hybridized carbons (Fsp3) is 0.667. The molecule has 0 saturated carbocycles. The molecule has 0 bridgehead atoms. The Kier molecular flexibility index (Phi) is 12.9. The van der Waals surface area contributed by atoms with Crippen molar-refractivity contribution in [3.8, 4) is 0 Å². The summed E-state index contributed by atoms with van der Waals surface area (Å²) >= 11 is 0. The van der Waals surface area contributed by atoms with Crippen LogP contribution in [0, 0.1) is 0 Å². The maximum Gasteiger partial charge on any atom is 0.140 e. The van der Waals surface area contributed by atoms with Crippen LogP contribution in [0.3, 0.4) is 0 Å². The third-order valence-corrected chi connectivity index (χ3v) is 7.43. The first-order valence-corrected chi connectivity index (χ1v) is 13.6. The molecule has 0 aromatic heterocycles. The summed E-state index contributed by atoms with van der Waals surface area (Å²) in [5.74, 6) is 0. The highest BCUT2D eigenvalue weighted by atomic mass is 15.3. The van der Waals surface area contributed by atoms with Crippen LogP contribution in [0.1, 0.15) is 111 Å². The van der Waals surface area contributed by atoms with Gasteiger partial charge < -0.3 is 0 Å². The minimum Gasteiger partial charge on any atom is -0.291 e. The smallest absolute Gasteiger partial charge is 0.140 e. The monoisotopic (exact) mass is 424 g/mol. The first kappa shape index (κ1) is 25.9. The van der Waals surface area contributed by atoms with Gasteiger partial charge in [-0.2, -0.15) is 0 Å². The van der Waals surface area contributed by atoms with Crippen LogP contribution >= 0.6 is 0 Å². The molecular weight excluding hydrogens is 374 g/mol. The maximum absolute atomic E-state index is 2.37. The zero-order valence-corrected chi connectivity index (χ0v) is 21.0. The predicted molar refractivity (Wildman–Crippen MR) is 142 cm³/mol. The van der Waals surface area contributed by atoms with E-state index in [-0.39, 0.29) is 0 Å². The summed E-state index contributed by atoms with van der Waals surface area (Å²) in [6, 6.07) is 15.8. The molecule has 174 valence electrons. The second-order valence-corrected chi connectivity index (χ2v) is 9.60. The number of rotatable bonds is 18. The predicted octanol–water partition coefficient (Wildman–Crippen LogP) is 9.67. The maximum atomic E-state index is 2.37. The standard InChI is InChI=1S/C30H50N/c1-4-7-8-9-10-11-12-13-14-15-16-17-18-21-27-31(5-2,6-3)30-26-22-24-28-23-19-20-25-29(28)30/h19-20,22-26H,4-18,21,27H2,1-3H3/q+1. The highest BCUT2D eigenvalue weighted by Crippen LogP contribution is 2.32. The van der Waals surface area contributed by atoms with E-state index in [0.717, 1.165) is 4.48 Å². The van der Waals surface area contributed by atoms with E-state index in [2.05, 4.69) is 63.2 Å². The third-order valence-electron chi connectivity index (χ3n) is 7.43. The van der Waals surface area contributed by atoms with Gasteiger partial charge in [-0.3, -0.25) is 4.48 Å². The van der Waals surface area contributed by atoms with Crippen molar-refractivity contribution < 1.29 is 0 Å². The summed E-state index contributed by atoms with van der Waals surface area (Å²) in [7, 11) is 0. The van der Waals surface area contributed by atoms with E-state index in [4.69, 9.17) is 0 Å². The minimum atomic E-state index is 1.12. The average molecular weight is 425 g/mol. The Labute approximate surface area is 193 Å². The van der Waals surface area contributed by atoms with E-state index in [0.29, 0.717) is 0 Å². The van der Waals surface area contributed by atoms with Crippen LogP contribution in [0.15, 0.2) is 42.5 Å². The molecule has 0 unspecified atom stereocenters. The molecule has 0 fully saturated rings. The van der Waals surface area contributed by atoms with E-state index >= 15 is 0 Å². The van der Waals surface area contributed by atoms with Gasteiger partial charge in [-0.05, 0) is 44.2 Å². The fourth-order valence-electron chi connectivity index (χ4n) is 5.23. The molecular formula is C30H50N+. The Hall–Kier alpha value is -1.34. The molecule has 2 rings (SSSR count). The SMILES string of the molecule is CCCCCCCCCCCCCCCC[N+](CC)(CC)c1cccc2ccccc12. The van der Waals surface area contributed by atoms with E-state index in [9.17, 15) is 0 Å². The lowest BCUT2D eigenvalue weighted by molar-refractivity contribution is 0.294. The number of quaternary nitrogens is 1. The average Bonchev–Trinajstić information content (AvgIpc) is 2.82. The van der Waals surface area contributed by atoms with E-state index in [1.54, 1.807) is 0 Å². The van der Waals surface area contributed by atoms with Crippen LogP contribution in [0.25, 0.3) is 10.8 Å². The molecule has 0 N–H and O–H groups in total. The van der Waals surface area contributed by atoms with Crippen molar-refractivity contribution in [2.24, 2.45) is 0 Å². The number of nitrogens with zero attached hydrogens (tertiary/aromatic N) is 1. The Balaban J connectivity index is 1.64. The number of fused-ring (bicyclic) bond motifs is 1. The Bertz CT molecular complexity index is 695. The van der Waals surface area contributed by atoms with Crippen molar-refractivity contribution in [3.05, 3.63) is 42.5 Å². The van der Waals surface area contributed by atoms with Gasteiger partial charge >= 0.3 is 0 Å². The lowest BCUT2D eigenvalue weighted by atomic mass is 10.0. The van der Waals surface area contributed by atoms with Crippen molar-refractivity contribution in [3.63, 3.8) is 0 Å². The second kappa shape index (κ2) is 15.5. The van der Waals surface area contributed by atoms with Crippen molar-refractivity contribution in [1.29, 1.82) is 0 Å². The molecule has 0 saturated heterocycles. The van der Waals surface area contributed by atoms with Gasteiger partial charge in [0.05, 0.1) is 19.6 Å². The molecule has 2 aromatic carbocycles. The molecule has 0 radical (unpaired) electrons. The molecule has 0 heterocycles. The van der Waals surface area contributed by atoms with E-state index < -0.39 is 0 Å². The summed E-state index contributed by atoms with van der Waals surface area (Å²) in [6.45, 7) is 10.7. The highest BCUT2D eigenvalue weighted by molar-refractivity contribution is 5.93. The Morgan fingerprint density at radius 2 is 1.00 bits per heavy atom. The lowest BCUT2D eigenvalue weighted by Crippen LogP contribution is -2.49. The molecule has 1 heteroatoms. The van der Waals surface area contributed by atoms with Crippen LogP contribution in [0.5, 0.6) is 0 Å². The minimum absolute atomic E-state index is 1.12. The summed E-state index contributed by atoms with van der Waals surface area (Å²) in [5, 5.41) is 2.82. The number of hydrogen-bond donors (Lipinski definition) is 0. The van der Waals surface area contributed by atoms with Gasteiger partial charge in [-0.1, -0.05) is 114 Å². The molecule has 0 aliphatic heterocycles. The molecule has 0 atom stereocenters. The summed E-state index contributed by atoms with van der Waals surface area (Å²) in [4.78, 5) is 0. The molecule has 31 heavy (non-hydrogen) atoms. The van der Waals surface area contributed by atoms with Gasteiger partial charge in [0.1, 0.15) is 5.69 Å². The van der Waals surface area contributed by atoms with Crippen LogP contribution in [0.4, 0.5) is 5.69 Å². The van der Waals surface area contributed by atoms with Crippen LogP contribution in [-0.4, -0.2) is 19.6 Å². The molecule has 2 aromatic rings. The quantitative estimate of drug-likeness (QED) is 0.165. The summed E-state index contributed by atoms with van der Waals surface area (Å²) in [5.41, 5.74) is 1.53. The molecule has 0 aliphatic rings. The Morgan fingerprint density at radius 3 is 1.55 bits per heavy atom. The highest BCUT2D eigenvalue weighted by Gasteiger charge is 2.27. The van der Waals surface area contributed by atoms with Gasteiger partial charge in [0.2, 0.25) is 0 Å². The molecule has 0 amide bonds. The van der Waals surface area contributed by atoms with Gasteiger partial charge in [-0.15, -0.1) is 0 Å². The zero-order chi connectivity index (χ0) is 22.2. The second-order valence-electron chi connectivity index (χ2n) is 9.60. The van der Waals surface area contributed by atoms with Crippen LogP contribution in [-0.2, 0) is 0 Å². The summed E-state index contributed by atoms with van der Waals surface area (Å²) < 4.78 is 1.12. The topological polar surface area (TPSA) is 0 Å². The van der Waals surface area contributed by atoms with Gasteiger partial charge in [0.15, 0.2) is 0 Å². The molecule has 0 spiro atoms. The van der Waals surface area contributed by atoms with Crippen LogP contribution in [0.2, 0.25) is 0 Å². The largest absolute Gasteiger partial charge is 0.291 e. The van der Waals surface area contributed by atoms with E-state index in [1.807, 2.05) is 0 Å². The molecule has 0 aliphatic carbocycles. The van der Waals surface area contributed by atoms with Gasteiger partial charge in [0, 0.05) is 5.39 Å². The van der Waals surface area contributed by atoms with E-state index in [1.165, 1.54) is 126 Å². The number of hydrogen-bond acceptors (Lipinski definition) is 0. The first-order chi connectivity index (χ1) is 15.3. The van der Waals surface area contributed by atoms with Crippen LogP contribution < -0.4 is 4.48 Å². The lowest BCUT2D eigenvalue weighted by Gasteiger charge is -2.37. The fourth-order valence-corrected chi connectivity index (χ4v) is 5.23. The van der Waals surface area contributed by atoms with Crippen molar-refractivity contribution in [2.45, 2.75) is 111 Å². The third kappa shape index (κ3) is 8.60. The van der Waals surface area contributed by atoms with Gasteiger partial charge in [-0.25, -0.2) is 0 Å². The number of unbranched alkanes of at least 4 members (excludes halogenated alkanes) is 13. The first-order valence-electron chi connectivity index (χ1n) is 13.6. The van der Waals surface area contributed by atoms with Crippen molar-refractivity contribution in [1.82, 2.24) is 4.48 Å². The zero-order valence-electron chi connectivity index (χ0n) is 21.0. The van der Waals surface area contributed by atoms with Crippen molar-refractivity contribution >= 4 is 16.5 Å².